The highest BCUT2D eigenvalue weighted by Crippen LogP contribution is 2.33. The molecule has 126 valence electrons. The number of nitrogens with one attached hydrogen (secondary N) is 1. The summed E-state index contributed by atoms with van der Waals surface area (Å²) in [6, 6.07) is 14.4. The fourth-order valence-corrected chi connectivity index (χ4v) is 3.87. The van der Waals surface area contributed by atoms with E-state index in [0.29, 0.717) is 6.61 Å². The number of hydrogen-bond acceptors (Lipinski definition) is 5. The van der Waals surface area contributed by atoms with E-state index in [1.54, 1.807) is 11.3 Å². The highest BCUT2D eigenvalue weighted by atomic mass is 32.1. The number of thiazole rings is 1. The Balaban J connectivity index is 1.79. The Morgan fingerprint density at radius 1 is 1.00 bits per heavy atom. The van der Waals surface area contributed by atoms with Crippen LogP contribution in [0.1, 0.15) is 18.2 Å². The van der Waals surface area contributed by atoms with Crippen molar-refractivity contribution >= 4 is 43.3 Å². The minimum absolute atomic E-state index is 0.644. The normalized spacial score (nSPS) is 11.2. The molecule has 0 aliphatic rings. The van der Waals surface area contributed by atoms with Gasteiger partial charge in [0.25, 0.3) is 0 Å². The van der Waals surface area contributed by atoms with Gasteiger partial charge in [-0.25, -0.2) is 4.98 Å². The first kappa shape index (κ1) is 15.8. The van der Waals surface area contributed by atoms with Gasteiger partial charge in [0.05, 0.1) is 28.0 Å². The van der Waals surface area contributed by atoms with Gasteiger partial charge in [-0.15, -0.1) is 0 Å². The van der Waals surface area contributed by atoms with Gasteiger partial charge in [-0.05, 0) is 62.7 Å². The number of fused-ring (bicyclic) bond motifs is 2. The van der Waals surface area contributed by atoms with Gasteiger partial charge in [0.2, 0.25) is 0 Å². The van der Waals surface area contributed by atoms with Crippen molar-refractivity contribution in [2.24, 2.45) is 0 Å². The van der Waals surface area contributed by atoms with Crippen LogP contribution in [0.3, 0.4) is 0 Å². The number of benzene rings is 2. The molecule has 0 radical (unpaired) electrons. The molecule has 4 rings (SSSR count). The average molecular weight is 349 g/mol. The molecule has 2 aromatic carbocycles. The zero-order valence-corrected chi connectivity index (χ0v) is 15.3. The molecule has 4 nitrogen and oxygen atoms in total. The topological polar surface area (TPSA) is 47.0 Å². The fourth-order valence-electron chi connectivity index (χ4n) is 2.90. The Labute approximate surface area is 150 Å². The Bertz CT molecular complexity index is 1070. The first-order chi connectivity index (χ1) is 12.1. The molecular weight excluding hydrogens is 330 g/mol. The number of anilines is 2. The Morgan fingerprint density at radius 3 is 2.68 bits per heavy atom. The van der Waals surface area contributed by atoms with Crippen LogP contribution in [0.5, 0.6) is 5.75 Å². The summed E-state index contributed by atoms with van der Waals surface area (Å²) >= 11 is 1.66. The standard InChI is InChI=1S/C20H19N3OS/c1-4-24-14-6-8-16-15(11-14)18(10-13(3)21-16)23-20-22-17-7-5-12(2)9-19(17)25-20/h5-11H,4H2,1-3H3,(H,21,22,23). The SMILES string of the molecule is CCOc1ccc2nc(C)cc(Nc3nc4ccc(C)cc4s3)c2c1. The molecule has 0 spiro atoms. The zero-order valence-electron chi connectivity index (χ0n) is 14.5. The summed E-state index contributed by atoms with van der Waals surface area (Å²) in [4.78, 5) is 9.32. The van der Waals surface area contributed by atoms with Crippen LogP contribution >= 0.6 is 11.3 Å². The number of aromatic nitrogens is 2. The van der Waals surface area contributed by atoms with Gasteiger partial charge in [0, 0.05) is 11.1 Å². The maximum Gasteiger partial charge on any atom is 0.188 e. The smallest absolute Gasteiger partial charge is 0.188 e. The number of aryl methyl sites for hydroxylation is 2. The van der Waals surface area contributed by atoms with E-state index in [9.17, 15) is 0 Å². The van der Waals surface area contributed by atoms with Crippen LogP contribution in [0, 0.1) is 13.8 Å². The molecule has 0 amide bonds. The van der Waals surface area contributed by atoms with Crippen LogP contribution in [0.25, 0.3) is 21.1 Å². The van der Waals surface area contributed by atoms with E-state index in [-0.39, 0.29) is 0 Å². The van der Waals surface area contributed by atoms with Crippen LogP contribution < -0.4 is 10.1 Å². The lowest BCUT2D eigenvalue weighted by molar-refractivity contribution is 0.340. The van der Waals surface area contributed by atoms with Crippen LogP contribution in [0.15, 0.2) is 42.5 Å². The molecule has 0 fully saturated rings. The molecule has 4 aromatic rings. The number of pyridine rings is 1. The summed E-state index contributed by atoms with van der Waals surface area (Å²) in [5.41, 5.74) is 5.18. The Hall–Kier alpha value is -2.66. The first-order valence-corrected chi connectivity index (χ1v) is 9.12. The highest BCUT2D eigenvalue weighted by Gasteiger charge is 2.09. The first-order valence-electron chi connectivity index (χ1n) is 8.31. The molecule has 0 unspecified atom stereocenters. The van der Waals surface area contributed by atoms with Crippen LogP contribution in [-0.2, 0) is 0 Å². The number of nitrogens with zero attached hydrogens (tertiary/aromatic N) is 2. The van der Waals surface area contributed by atoms with Crippen molar-refractivity contribution in [1.29, 1.82) is 0 Å². The maximum atomic E-state index is 5.64. The molecule has 5 heteroatoms. The molecule has 0 saturated carbocycles. The van der Waals surface area contributed by atoms with E-state index in [1.807, 2.05) is 32.0 Å². The molecule has 0 saturated heterocycles. The molecule has 2 aromatic heterocycles. The Morgan fingerprint density at radius 2 is 1.84 bits per heavy atom. The largest absolute Gasteiger partial charge is 0.494 e. The van der Waals surface area contributed by atoms with Gasteiger partial charge in [0.15, 0.2) is 5.13 Å². The summed E-state index contributed by atoms with van der Waals surface area (Å²) in [5, 5.41) is 5.40. The summed E-state index contributed by atoms with van der Waals surface area (Å²) in [6.07, 6.45) is 0. The minimum atomic E-state index is 0.644. The van der Waals surface area contributed by atoms with Crippen LogP contribution in [-0.4, -0.2) is 16.6 Å². The molecule has 2 heterocycles. The van der Waals surface area contributed by atoms with Crippen molar-refractivity contribution < 1.29 is 4.74 Å². The highest BCUT2D eigenvalue weighted by molar-refractivity contribution is 7.22. The summed E-state index contributed by atoms with van der Waals surface area (Å²) < 4.78 is 6.83. The van der Waals surface area contributed by atoms with Crippen molar-refractivity contribution in [3.63, 3.8) is 0 Å². The number of rotatable bonds is 4. The van der Waals surface area contributed by atoms with Crippen molar-refractivity contribution in [3.8, 4) is 5.75 Å². The molecular formula is C20H19N3OS. The van der Waals surface area contributed by atoms with Crippen molar-refractivity contribution in [1.82, 2.24) is 9.97 Å². The zero-order chi connectivity index (χ0) is 17.4. The monoisotopic (exact) mass is 349 g/mol. The average Bonchev–Trinajstić information content (AvgIpc) is 2.97. The fraction of sp³-hybridized carbons (Fsp3) is 0.200. The third-order valence-electron chi connectivity index (χ3n) is 4.00. The third kappa shape index (κ3) is 3.15. The van der Waals surface area contributed by atoms with Gasteiger partial charge in [-0.1, -0.05) is 17.4 Å². The van der Waals surface area contributed by atoms with Crippen molar-refractivity contribution in [2.45, 2.75) is 20.8 Å². The van der Waals surface area contributed by atoms with E-state index in [0.717, 1.165) is 38.7 Å². The summed E-state index contributed by atoms with van der Waals surface area (Å²) in [7, 11) is 0. The van der Waals surface area contributed by atoms with Gasteiger partial charge in [-0.2, -0.15) is 0 Å². The minimum Gasteiger partial charge on any atom is -0.494 e. The molecule has 0 aliphatic heterocycles. The maximum absolute atomic E-state index is 5.64. The van der Waals surface area contributed by atoms with Crippen LogP contribution in [0.4, 0.5) is 10.8 Å². The lowest BCUT2D eigenvalue weighted by Gasteiger charge is -2.10. The third-order valence-corrected chi connectivity index (χ3v) is 4.94. The van der Waals surface area contributed by atoms with Gasteiger partial charge < -0.3 is 10.1 Å². The predicted octanol–water partition coefficient (Wildman–Crippen LogP) is 5.60. The second-order valence-corrected chi connectivity index (χ2v) is 7.07. The lowest BCUT2D eigenvalue weighted by atomic mass is 10.1. The number of ether oxygens (including phenoxy) is 1. The lowest BCUT2D eigenvalue weighted by Crippen LogP contribution is -1.96. The summed E-state index contributed by atoms with van der Waals surface area (Å²) in [6.45, 7) is 6.73. The van der Waals surface area contributed by atoms with E-state index < -0.39 is 0 Å². The second-order valence-electron chi connectivity index (χ2n) is 6.04. The van der Waals surface area contributed by atoms with Gasteiger partial charge in [0.1, 0.15) is 5.75 Å². The van der Waals surface area contributed by atoms with E-state index in [1.165, 1.54) is 10.3 Å². The predicted molar refractivity (Wildman–Crippen MR) is 105 cm³/mol. The van der Waals surface area contributed by atoms with Crippen molar-refractivity contribution in [3.05, 3.63) is 53.7 Å². The van der Waals surface area contributed by atoms with Gasteiger partial charge >= 0.3 is 0 Å². The molecule has 0 atom stereocenters. The molecule has 25 heavy (non-hydrogen) atoms. The second kappa shape index (κ2) is 6.33. The molecule has 0 aliphatic carbocycles. The quantitative estimate of drug-likeness (QED) is 0.521. The Kier molecular flexibility index (Phi) is 4.01. The molecule has 0 bridgehead atoms. The van der Waals surface area contributed by atoms with E-state index >= 15 is 0 Å². The van der Waals surface area contributed by atoms with Crippen molar-refractivity contribution in [2.75, 3.05) is 11.9 Å². The summed E-state index contributed by atoms with van der Waals surface area (Å²) in [5.74, 6) is 0.851. The molecule has 1 N–H and O–H groups in total. The van der Waals surface area contributed by atoms with E-state index in [2.05, 4.69) is 41.5 Å². The van der Waals surface area contributed by atoms with E-state index in [4.69, 9.17) is 9.72 Å². The van der Waals surface area contributed by atoms with Crippen LogP contribution in [0.2, 0.25) is 0 Å². The number of hydrogen-bond donors (Lipinski definition) is 1. The van der Waals surface area contributed by atoms with Gasteiger partial charge in [-0.3, -0.25) is 4.98 Å².